The van der Waals surface area contributed by atoms with E-state index in [1.165, 1.54) is 0 Å². The number of aliphatic carboxylic acids is 1. The van der Waals surface area contributed by atoms with Gasteiger partial charge in [0.05, 0.1) is 5.39 Å². The zero-order chi connectivity index (χ0) is 19.6. The van der Waals surface area contributed by atoms with Crippen LogP contribution in [0.2, 0.25) is 0 Å². The summed E-state index contributed by atoms with van der Waals surface area (Å²) < 4.78 is 11.4. The van der Waals surface area contributed by atoms with Crippen molar-refractivity contribution in [2.75, 3.05) is 6.54 Å². The van der Waals surface area contributed by atoms with Crippen molar-refractivity contribution in [1.29, 1.82) is 0 Å². The molecule has 3 rings (SSSR count). The van der Waals surface area contributed by atoms with Gasteiger partial charge in [0.2, 0.25) is 0 Å². The highest BCUT2D eigenvalue weighted by molar-refractivity contribution is 5.89. The molecule has 7 nitrogen and oxygen atoms in total. The molecule has 2 aromatic rings. The first-order valence-corrected chi connectivity index (χ1v) is 9.10. The van der Waals surface area contributed by atoms with Crippen LogP contribution in [-0.2, 0) is 22.4 Å². The van der Waals surface area contributed by atoms with Crippen LogP contribution in [0, 0.1) is 6.92 Å². The molecule has 27 heavy (non-hydrogen) atoms. The second-order valence-electron chi connectivity index (χ2n) is 6.86. The zero-order valence-electron chi connectivity index (χ0n) is 15.4. The average molecular weight is 372 g/mol. The molecule has 0 unspecified atom stereocenters. The second kappa shape index (κ2) is 7.82. The molecule has 0 fully saturated rings. The van der Waals surface area contributed by atoms with Gasteiger partial charge in [-0.3, -0.25) is 4.79 Å². The Morgan fingerprint density at radius 1 is 1.30 bits per heavy atom. The molecule has 1 amide bonds. The van der Waals surface area contributed by atoms with Crippen molar-refractivity contribution < 1.29 is 23.8 Å². The number of amides is 1. The molecule has 1 aromatic carbocycles. The van der Waals surface area contributed by atoms with Crippen LogP contribution in [0.5, 0.6) is 5.75 Å². The predicted molar refractivity (Wildman–Crippen MR) is 96.6 cm³/mol. The molecule has 1 aromatic heterocycles. The van der Waals surface area contributed by atoms with E-state index in [2.05, 4.69) is 5.32 Å². The molecule has 1 aliphatic carbocycles. The van der Waals surface area contributed by atoms with Crippen molar-refractivity contribution in [3.8, 4) is 5.75 Å². The summed E-state index contributed by atoms with van der Waals surface area (Å²) in [6.45, 7) is 3.73. The molecule has 7 heteroatoms. The highest BCUT2D eigenvalue weighted by Crippen LogP contribution is 2.35. The standard InChI is InChI=1S/C20H23NO6/c1-11-9-15(26-12(2)19(24)21-8-4-7-17(22)23)18-13-5-3-6-14(13)20(25)27-16(18)10-11/h9-10,12H,3-8H2,1-2H3,(H,21,24)(H,22,23)/p-1/t12-/m1/s1. The molecule has 0 saturated heterocycles. The first kappa shape index (κ1) is 18.9. The van der Waals surface area contributed by atoms with E-state index in [-0.39, 0.29) is 24.5 Å². The summed E-state index contributed by atoms with van der Waals surface area (Å²) in [6.07, 6.45) is 1.77. The minimum Gasteiger partial charge on any atom is -0.550 e. The van der Waals surface area contributed by atoms with Crippen molar-refractivity contribution in [2.45, 2.75) is 52.1 Å². The Morgan fingerprint density at radius 3 is 2.78 bits per heavy atom. The van der Waals surface area contributed by atoms with E-state index in [1.807, 2.05) is 13.0 Å². The number of rotatable bonds is 7. The van der Waals surface area contributed by atoms with E-state index in [0.29, 0.717) is 29.7 Å². The number of carboxylic acid groups (broad SMARTS) is 1. The van der Waals surface area contributed by atoms with E-state index in [9.17, 15) is 19.5 Å². The second-order valence-corrected chi connectivity index (χ2v) is 6.86. The maximum atomic E-state index is 12.2. The number of aryl methyl sites for hydroxylation is 2. The highest BCUT2D eigenvalue weighted by atomic mass is 16.5. The van der Waals surface area contributed by atoms with E-state index in [0.717, 1.165) is 29.4 Å². The Labute approximate surface area is 156 Å². The predicted octanol–water partition coefficient (Wildman–Crippen LogP) is 1.00. The molecule has 1 N–H and O–H groups in total. The van der Waals surface area contributed by atoms with Crippen LogP contribution < -0.4 is 20.8 Å². The maximum Gasteiger partial charge on any atom is 0.339 e. The van der Waals surface area contributed by atoms with Gasteiger partial charge in [-0.15, -0.1) is 0 Å². The number of carbonyl (C=O) groups is 2. The van der Waals surface area contributed by atoms with Gasteiger partial charge in [-0.05, 0) is 69.2 Å². The fraction of sp³-hybridized carbons (Fsp3) is 0.450. The van der Waals surface area contributed by atoms with Gasteiger partial charge in [-0.2, -0.15) is 0 Å². The van der Waals surface area contributed by atoms with Crippen molar-refractivity contribution in [2.24, 2.45) is 0 Å². The molecule has 1 aliphatic rings. The molecular weight excluding hydrogens is 350 g/mol. The first-order chi connectivity index (χ1) is 12.9. The molecular formula is C20H22NO6-. The summed E-state index contributed by atoms with van der Waals surface area (Å²) in [4.78, 5) is 34.8. The summed E-state index contributed by atoms with van der Waals surface area (Å²) >= 11 is 0. The van der Waals surface area contributed by atoms with Crippen molar-refractivity contribution >= 4 is 22.8 Å². The first-order valence-electron chi connectivity index (χ1n) is 9.10. The van der Waals surface area contributed by atoms with Gasteiger partial charge in [0.25, 0.3) is 5.91 Å². The van der Waals surface area contributed by atoms with Gasteiger partial charge in [0, 0.05) is 18.1 Å². The van der Waals surface area contributed by atoms with Crippen LogP contribution in [0.25, 0.3) is 11.0 Å². The number of benzene rings is 1. The molecule has 0 radical (unpaired) electrons. The number of fused-ring (bicyclic) bond motifs is 3. The number of carboxylic acids is 1. The van der Waals surface area contributed by atoms with E-state index >= 15 is 0 Å². The van der Waals surface area contributed by atoms with Crippen LogP contribution in [0.1, 0.15) is 42.9 Å². The van der Waals surface area contributed by atoms with Gasteiger partial charge in [0.1, 0.15) is 11.3 Å². The summed E-state index contributed by atoms with van der Waals surface area (Å²) in [5.74, 6) is -0.962. The van der Waals surface area contributed by atoms with Crippen LogP contribution in [0.3, 0.4) is 0 Å². The largest absolute Gasteiger partial charge is 0.550 e. The molecule has 0 bridgehead atoms. The minimum absolute atomic E-state index is 0.108. The summed E-state index contributed by atoms with van der Waals surface area (Å²) in [5.41, 5.74) is 2.66. The summed E-state index contributed by atoms with van der Waals surface area (Å²) in [6, 6.07) is 3.63. The fourth-order valence-corrected chi connectivity index (χ4v) is 3.43. The molecule has 0 saturated carbocycles. The van der Waals surface area contributed by atoms with Gasteiger partial charge in [-0.1, -0.05) is 0 Å². The highest BCUT2D eigenvalue weighted by Gasteiger charge is 2.24. The van der Waals surface area contributed by atoms with Crippen molar-refractivity contribution in [3.05, 3.63) is 39.2 Å². The van der Waals surface area contributed by atoms with E-state index < -0.39 is 12.1 Å². The van der Waals surface area contributed by atoms with Crippen LogP contribution in [0.4, 0.5) is 0 Å². The Kier molecular flexibility index (Phi) is 5.48. The Balaban J connectivity index is 1.82. The number of hydrogen-bond acceptors (Lipinski definition) is 6. The number of ether oxygens (including phenoxy) is 1. The van der Waals surface area contributed by atoms with Crippen molar-refractivity contribution in [3.63, 3.8) is 0 Å². The average Bonchev–Trinajstić information content (AvgIpc) is 3.08. The lowest BCUT2D eigenvalue weighted by Crippen LogP contribution is -2.37. The van der Waals surface area contributed by atoms with Gasteiger partial charge in [0.15, 0.2) is 6.10 Å². The molecule has 1 atom stereocenters. The van der Waals surface area contributed by atoms with Gasteiger partial charge >= 0.3 is 5.63 Å². The third kappa shape index (κ3) is 4.13. The molecule has 144 valence electrons. The molecule has 0 aliphatic heterocycles. The Hall–Kier alpha value is -2.83. The number of carbonyl (C=O) groups excluding carboxylic acids is 2. The quantitative estimate of drug-likeness (QED) is 0.574. The summed E-state index contributed by atoms with van der Waals surface area (Å²) in [5, 5.41) is 13.8. The Bertz CT molecular complexity index is 946. The van der Waals surface area contributed by atoms with Crippen LogP contribution in [-0.4, -0.2) is 24.5 Å². The molecule has 1 heterocycles. The monoisotopic (exact) mass is 372 g/mol. The topological polar surface area (TPSA) is 109 Å². The molecule has 0 spiro atoms. The van der Waals surface area contributed by atoms with Crippen molar-refractivity contribution in [1.82, 2.24) is 5.32 Å². The lowest BCUT2D eigenvalue weighted by atomic mass is 10.0. The third-order valence-corrected chi connectivity index (χ3v) is 4.71. The lowest BCUT2D eigenvalue weighted by Gasteiger charge is -2.18. The van der Waals surface area contributed by atoms with Gasteiger partial charge < -0.3 is 24.4 Å². The van der Waals surface area contributed by atoms with E-state index in [1.54, 1.807) is 13.0 Å². The SMILES string of the molecule is Cc1cc(O[C@H](C)C(=O)NCCCC(=O)[O-])c2c3c(c(=O)oc2c1)CCC3. The maximum absolute atomic E-state index is 12.2. The fourth-order valence-electron chi connectivity index (χ4n) is 3.43. The van der Waals surface area contributed by atoms with Gasteiger partial charge in [-0.25, -0.2) is 4.79 Å². The number of nitrogens with one attached hydrogen (secondary N) is 1. The normalized spacial score (nSPS) is 14.0. The van der Waals surface area contributed by atoms with E-state index in [4.69, 9.17) is 9.15 Å². The summed E-state index contributed by atoms with van der Waals surface area (Å²) in [7, 11) is 0. The zero-order valence-corrected chi connectivity index (χ0v) is 15.4. The Morgan fingerprint density at radius 2 is 2.04 bits per heavy atom. The smallest absolute Gasteiger partial charge is 0.339 e. The lowest BCUT2D eigenvalue weighted by molar-refractivity contribution is -0.305. The third-order valence-electron chi connectivity index (χ3n) is 4.71. The minimum atomic E-state index is -1.14. The van der Waals surface area contributed by atoms with Crippen LogP contribution >= 0.6 is 0 Å². The van der Waals surface area contributed by atoms with Crippen LogP contribution in [0.15, 0.2) is 21.3 Å². The number of hydrogen-bond donors (Lipinski definition) is 1.